The molecular formula is C16H24FN3O7S. The molecule has 1 aliphatic rings. The quantitative estimate of drug-likeness (QED) is 0.597. The average Bonchev–Trinajstić information content (AvgIpc) is 3.15. The number of nitrogens with one attached hydrogen (secondary N) is 1. The Balaban J connectivity index is 2.25. The number of aliphatic hydroxyl groups excluding tert-OH is 1. The smallest absolute Gasteiger partial charge is 0.409 e. The zero-order valence-electron chi connectivity index (χ0n) is 15.8. The number of rotatable bonds is 7. The van der Waals surface area contributed by atoms with E-state index in [0.717, 1.165) is 10.8 Å². The molecule has 0 aromatic carbocycles. The van der Waals surface area contributed by atoms with E-state index in [0.29, 0.717) is 0 Å². The third kappa shape index (κ3) is 4.45. The molecule has 2 atom stereocenters. The second-order valence-corrected chi connectivity index (χ2v) is 7.94. The van der Waals surface area contributed by atoms with Gasteiger partial charge in [-0.1, -0.05) is 0 Å². The van der Waals surface area contributed by atoms with Crippen LogP contribution < -0.4 is 4.72 Å². The van der Waals surface area contributed by atoms with Crippen LogP contribution in [0.25, 0.3) is 0 Å². The summed E-state index contributed by atoms with van der Waals surface area (Å²) in [5, 5.41) is 9.51. The van der Waals surface area contributed by atoms with Gasteiger partial charge in [-0.05, 0) is 13.8 Å². The number of likely N-dealkylation sites (tertiary alicyclic amines) is 1. The molecule has 1 amide bonds. The van der Waals surface area contributed by atoms with Gasteiger partial charge in [0.2, 0.25) is 10.0 Å². The molecule has 0 radical (unpaired) electrons. The van der Waals surface area contributed by atoms with Crippen molar-refractivity contribution >= 4 is 22.1 Å². The van der Waals surface area contributed by atoms with E-state index in [2.05, 4.69) is 4.72 Å². The fourth-order valence-corrected chi connectivity index (χ4v) is 4.43. The predicted octanol–water partition coefficient (Wildman–Crippen LogP) is 0.0684. The van der Waals surface area contributed by atoms with E-state index in [9.17, 15) is 27.5 Å². The fraction of sp³-hybridized carbons (Fsp3) is 0.625. The standard InChI is InChI=1S/C16H24FN3O7S/c1-4-26-15(22)14-13(17)12(8-19(14)3)28(24,25)18-11-7-20(6-10(11)9-21)16(23)27-5-2/h8,10-11,18,21H,4-7,9H2,1-3H3/t10-,11-/m1/s1. The largest absolute Gasteiger partial charge is 0.461 e. The van der Waals surface area contributed by atoms with Gasteiger partial charge >= 0.3 is 12.1 Å². The molecule has 2 N–H and O–H groups in total. The predicted molar refractivity (Wildman–Crippen MR) is 94.6 cm³/mol. The van der Waals surface area contributed by atoms with Crippen LogP contribution in [0.15, 0.2) is 11.1 Å². The highest BCUT2D eigenvalue weighted by atomic mass is 32.2. The zero-order chi connectivity index (χ0) is 21.1. The highest BCUT2D eigenvalue weighted by molar-refractivity contribution is 7.89. The number of aliphatic hydroxyl groups is 1. The molecule has 28 heavy (non-hydrogen) atoms. The Morgan fingerprint density at radius 2 is 1.93 bits per heavy atom. The van der Waals surface area contributed by atoms with Gasteiger partial charge in [-0.3, -0.25) is 0 Å². The van der Waals surface area contributed by atoms with Crippen LogP contribution >= 0.6 is 0 Å². The average molecular weight is 421 g/mol. The number of aromatic nitrogens is 1. The molecule has 12 heteroatoms. The lowest BCUT2D eigenvalue weighted by atomic mass is 10.1. The Morgan fingerprint density at radius 1 is 1.29 bits per heavy atom. The highest BCUT2D eigenvalue weighted by Gasteiger charge is 2.39. The normalized spacial score (nSPS) is 19.7. The minimum atomic E-state index is -4.37. The summed E-state index contributed by atoms with van der Waals surface area (Å²) in [6, 6.07) is -0.843. The molecule has 10 nitrogen and oxygen atoms in total. The number of hydrogen-bond donors (Lipinski definition) is 2. The van der Waals surface area contributed by atoms with E-state index >= 15 is 0 Å². The maximum Gasteiger partial charge on any atom is 0.409 e. The van der Waals surface area contributed by atoms with Gasteiger partial charge in [0.1, 0.15) is 4.90 Å². The van der Waals surface area contributed by atoms with Crippen molar-refractivity contribution in [2.75, 3.05) is 32.9 Å². The Kier molecular flexibility index (Phi) is 7.01. The molecule has 0 aliphatic carbocycles. The molecule has 0 unspecified atom stereocenters. The molecule has 158 valence electrons. The van der Waals surface area contributed by atoms with Crippen LogP contribution in [0, 0.1) is 11.7 Å². The van der Waals surface area contributed by atoms with Crippen LogP contribution in [0.3, 0.4) is 0 Å². The topological polar surface area (TPSA) is 127 Å². The first-order chi connectivity index (χ1) is 13.2. The van der Waals surface area contributed by atoms with E-state index < -0.39 is 50.5 Å². The Bertz CT molecular complexity index is 840. The van der Waals surface area contributed by atoms with E-state index in [4.69, 9.17) is 9.47 Å². The lowest BCUT2D eigenvalue weighted by molar-refractivity contribution is 0.0509. The van der Waals surface area contributed by atoms with Crippen LogP contribution in [0.2, 0.25) is 0 Å². The number of halogens is 1. The van der Waals surface area contributed by atoms with E-state index in [1.807, 2.05) is 0 Å². The molecule has 2 heterocycles. The summed E-state index contributed by atoms with van der Waals surface area (Å²) in [7, 11) is -3.05. The second kappa shape index (κ2) is 8.88. The van der Waals surface area contributed by atoms with Crippen LogP contribution in [0.5, 0.6) is 0 Å². The molecule has 2 rings (SSSR count). The van der Waals surface area contributed by atoms with Crippen molar-refractivity contribution in [3.05, 3.63) is 17.7 Å². The third-order valence-electron chi connectivity index (χ3n) is 4.35. The first kappa shape index (κ1) is 22.1. The zero-order valence-corrected chi connectivity index (χ0v) is 16.7. The molecule has 0 bridgehead atoms. The van der Waals surface area contributed by atoms with Gasteiger partial charge in [-0.2, -0.15) is 0 Å². The van der Waals surface area contributed by atoms with Gasteiger partial charge in [0.15, 0.2) is 11.5 Å². The van der Waals surface area contributed by atoms with Gasteiger partial charge in [0.25, 0.3) is 0 Å². The maximum atomic E-state index is 14.6. The monoisotopic (exact) mass is 421 g/mol. The first-order valence-corrected chi connectivity index (χ1v) is 10.2. The summed E-state index contributed by atoms with van der Waals surface area (Å²) in [5.74, 6) is -2.80. The lowest BCUT2D eigenvalue weighted by Gasteiger charge is -2.17. The van der Waals surface area contributed by atoms with Crippen molar-refractivity contribution in [2.45, 2.75) is 24.8 Å². The van der Waals surface area contributed by atoms with E-state index in [1.54, 1.807) is 13.8 Å². The van der Waals surface area contributed by atoms with Crippen LogP contribution in [-0.4, -0.2) is 74.0 Å². The van der Waals surface area contributed by atoms with Crippen molar-refractivity contribution in [2.24, 2.45) is 13.0 Å². The van der Waals surface area contributed by atoms with Gasteiger partial charge in [0.05, 0.1) is 13.2 Å². The van der Waals surface area contributed by atoms with Crippen molar-refractivity contribution < 1.29 is 37.0 Å². The molecule has 0 saturated carbocycles. The van der Waals surface area contributed by atoms with E-state index in [1.165, 1.54) is 11.9 Å². The number of aryl methyl sites for hydroxylation is 1. The van der Waals surface area contributed by atoms with Gasteiger partial charge in [-0.25, -0.2) is 27.1 Å². The Morgan fingerprint density at radius 3 is 2.50 bits per heavy atom. The minimum absolute atomic E-state index is 0.00767. The summed E-state index contributed by atoms with van der Waals surface area (Å²) >= 11 is 0. The molecule has 1 aliphatic heterocycles. The molecule has 0 spiro atoms. The van der Waals surface area contributed by atoms with Gasteiger partial charge in [-0.15, -0.1) is 0 Å². The molecular weight excluding hydrogens is 397 g/mol. The second-order valence-electron chi connectivity index (χ2n) is 6.26. The number of amides is 1. The number of sulfonamides is 1. The summed E-state index contributed by atoms with van der Waals surface area (Å²) in [4.78, 5) is 24.3. The minimum Gasteiger partial charge on any atom is -0.461 e. The summed E-state index contributed by atoms with van der Waals surface area (Å²) in [6.45, 7) is 3.01. The van der Waals surface area contributed by atoms with Crippen LogP contribution in [0.4, 0.5) is 9.18 Å². The molecule has 1 saturated heterocycles. The van der Waals surface area contributed by atoms with Gasteiger partial charge < -0.3 is 24.0 Å². The number of hydrogen-bond acceptors (Lipinski definition) is 7. The summed E-state index contributed by atoms with van der Waals surface area (Å²) in [6.07, 6.45) is 0.341. The molecule has 1 aromatic rings. The Labute approximate surface area is 162 Å². The number of carbonyl (C=O) groups excluding carboxylic acids is 2. The van der Waals surface area contributed by atoms with Gasteiger partial charge in [0, 0.05) is 44.9 Å². The maximum absolute atomic E-state index is 14.6. The summed E-state index contributed by atoms with van der Waals surface area (Å²) < 4.78 is 53.0. The molecule has 1 aromatic heterocycles. The van der Waals surface area contributed by atoms with Crippen LogP contribution in [-0.2, 0) is 26.5 Å². The Hall–Kier alpha value is -2.18. The number of carbonyl (C=O) groups is 2. The number of nitrogens with zero attached hydrogens (tertiary/aromatic N) is 2. The third-order valence-corrected chi connectivity index (χ3v) is 5.83. The number of ether oxygens (including phenoxy) is 2. The van der Waals surface area contributed by atoms with E-state index in [-0.39, 0.29) is 32.9 Å². The highest BCUT2D eigenvalue weighted by Crippen LogP contribution is 2.24. The summed E-state index contributed by atoms with van der Waals surface area (Å²) in [5.41, 5.74) is -0.513. The van der Waals surface area contributed by atoms with Crippen molar-refractivity contribution in [1.82, 2.24) is 14.2 Å². The molecule has 1 fully saturated rings. The van der Waals surface area contributed by atoms with Crippen molar-refractivity contribution in [3.8, 4) is 0 Å². The van der Waals surface area contributed by atoms with Crippen molar-refractivity contribution in [3.63, 3.8) is 0 Å². The first-order valence-electron chi connectivity index (χ1n) is 8.73. The number of esters is 1. The van der Waals surface area contributed by atoms with Crippen molar-refractivity contribution in [1.29, 1.82) is 0 Å². The van der Waals surface area contributed by atoms with Crippen LogP contribution in [0.1, 0.15) is 24.3 Å². The fourth-order valence-electron chi connectivity index (χ4n) is 3.01. The SMILES string of the molecule is CCOC(=O)c1c(F)c(S(=O)(=O)N[C@@H]2CN(C(=O)OCC)C[C@@H]2CO)cn1C. The lowest BCUT2D eigenvalue weighted by Crippen LogP contribution is -2.42.